The minimum Gasteiger partial charge on any atom is -0.389 e. The first-order valence-corrected chi connectivity index (χ1v) is 6.01. The van der Waals surface area contributed by atoms with Crippen LogP contribution >= 0.6 is 0 Å². The van der Waals surface area contributed by atoms with E-state index in [2.05, 4.69) is 0 Å². The summed E-state index contributed by atoms with van der Waals surface area (Å²) in [6.45, 7) is 5.42. The van der Waals surface area contributed by atoms with Crippen molar-refractivity contribution in [2.45, 2.75) is 26.4 Å². The fraction of sp³-hybridized carbons (Fsp3) is 0.462. The predicted octanol–water partition coefficient (Wildman–Crippen LogP) is 1.83. The van der Waals surface area contributed by atoms with Gasteiger partial charge in [0.15, 0.2) is 0 Å². The Morgan fingerprint density at radius 1 is 1.42 bits per heavy atom. The second-order valence-corrected chi connectivity index (χ2v) is 4.91. The molecule has 0 heterocycles. The number of rotatable bonds is 5. The van der Waals surface area contributed by atoms with Gasteiger partial charge in [0, 0.05) is 19.2 Å². The van der Waals surface area contributed by atoms with Crippen molar-refractivity contribution in [3.05, 3.63) is 39.9 Å². The van der Waals surface area contributed by atoms with Gasteiger partial charge in [-0.1, -0.05) is 12.1 Å². The van der Waals surface area contributed by atoms with Gasteiger partial charge >= 0.3 is 0 Å². The zero-order valence-electron chi connectivity index (χ0n) is 11.3. The first kappa shape index (κ1) is 15.1. The van der Waals surface area contributed by atoms with Gasteiger partial charge in [-0.15, -0.1) is 0 Å². The van der Waals surface area contributed by atoms with Crippen LogP contribution in [-0.4, -0.2) is 39.5 Å². The number of nitro groups is 1. The summed E-state index contributed by atoms with van der Waals surface area (Å²) < 4.78 is 0. The quantitative estimate of drug-likeness (QED) is 0.651. The molecule has 104 valence electrons. The van der Waals surface area contributed by atoms with Crippen LogP contribution in [0.2, 0.25) is 0 Å². The van der Waals surface area contributed by atoms with Crippen LogP contribution in [0.15, 0.2) is 24.3 Å². The van der Waals surface area contributed by atoms with Crippen molar-refractivity contribution in [2.24, 2.45) is 0 Å². The largest absolute Gasteiger partial charge is 0.389 e. The van der Waals surface area contributed by atoms with Gasteiger partial charge < -0.3 is 10.0 Å². The van der Waals surface area contributed by atoms with E-state index in [9.17, 15) is 20.0 Å². The van der Waals surface area contributed by atoms with Crippen LogP contribution in [0.4, 0.5) is 5.69 Å². The number of amides is 1. The lowest BCUT2D eigenvalue weighted by atomic mass is 10.1. The first-order valence-electron chi connectivity index (χ1n) is 6.01. The number of para-hydroxylation sites is 1. The molecule has 0 unspecified atom stereocenters. The van der Waals surface area contributed by atoms with E-state index >= 15 is 0 Å². The topological polar surface area (TPSA) is 83.7 Å². The van der Waals surface area contributed by atoms with Crippen LogP contribution in [-0.2, 0) is 0 Å². The number of aliphatic hydroxyl groups is 1. The molecule has 0 radical (unpaired) electrons. The number of carbonyl (C=O) groups excluding carboxylic acids is 1. The number of nitro benzene ring substituents is 1. The molecule has 1 aromatic rings. The summed E-state index contributed by atoms with van der Waals surface area (Å²) in [7, 11) is 0. The molecule has 0 saturated carbocycles. The van der Waals surface area contributed by atoms with Gasteiger partial charge in [0.1, 0.15) is 5.56 Å². The maximum Gasteiger partial charge on any atom is 0.282 e. The van der Waals surface area contributed by atoms with E-state index < -0.39 is 16.4 Å². The van der Waals surface area contributed by atoms with Crippen LogP contribution in [0, 0.1) is 10.1 Å². The minimum atomic E-state index is -1.05. The van der Waals surface area contributed by atoms with E-state index in [0.717, 1.165) is 0 Å². The molecule has 1 N–H and O–H groups in total. The van der Waals surface area contributed by atoms with Crippen molar-refractivity contribution < 1.29 is 14.8 Å². The summed E-state index contributed by atoms with van der Waals surface area (Å²) in [5.41, 5.74) is -1.23. The molecule has 0 bridgehead atoms. The number of carbonyl (C=O) groups is 1. The molecule has 0 atom stereocenters. The van der Waals surface area contributed by atoms with Crippen LogP contribution in [0.1, 0.15) is 31.1 Å². The van der Waals surface area contributed by atoms with Crippen molar-refractivity contribution in [1.29, 1.82) is 0 Å². The molecule has 0 aliphatic carbocycles. The number of benzene rings is 1. The van der Waals surface area contributed by atoms with Gasteiger partial charge in [0.2, 0.25) is 0 Å². The third-order valence-electron chi connectivity index (χ3n) is 2.58. The third kappa shape index (κ3) is 4.03. The molecule has 0 fully saturated rings. The Hall–Kier alpha value is -1.95. The van der Waals surface area contributed by atoms with Gasteiger partial charge in [-0.2, -0.15) is 0 Å². The number of likely N-dealkylation sites (N-methyl/N-ethyl adjacent to an activating group) is 1. The lowest BCUT2D eigenvalue weighted by molar-refractivity contribution is -0.385. The molecule has 0 aliphatic heterocycles. The zero-order valence-corrected chi connectivity index (χ0v) is 11.3. The highest BCUT2D eigenvalue weighted by Crippen LogP contribution is 2.20. The first-order chi connectivity index (χ1) is 8.76. The number of hydrogen-bond donors (Lipinski definition) is 1. The number of hydrogen-bond acceptors (Lipinski definition) is 4. The van der Waals surface area contributed by atoms with Gasteiger partial charge in [0.05, 0.1) is 10.5 Å². The Balaban J connectivity index is 3.08. The summed E-state index contributed by atoms with van der Waals surface area (Å²) in [5, 5.41) is 20.7. The second-order valence-electron chi connectivity index (χ2n) is 4.91. The van der Waals surface area contributed by atoms with Gasteiger partial charge in [-0.25, -0.2) is 0 Å². The molecule has 1 amide bonds. The molecular weight excluding hydrogens is 248 g/mol. The zero-order chi connectivity index (χ0) is 14.6. The summed E-state index contributed by atoms with van der Waals surface area (Å²) in [6.07, 6.45) is 0. The van der Waals surface area contributed by atoms with Crippen molar-refractivity contribution in [1.82, 2.24) is 4.90 Å². The standard InChI is InChI=1S/C13H18N2O4/c1-4-14(9-13(2,3)17)12(16)10-7-5-6-8-11(10)15(18)19/h5-8,17H,4,9H2,1-3H3. The van der Waals surface area contributed by atoms with E-state index in [-0.39, 0.29) is 17.8 Å². The highest BCUT2D eigenvalue weighted by atomic mass is 16.6. The normalized spacial score (nSPS) is 11.2. The molecule has 1 aromatic carbocycles. The van der Waals surface area contributed by atoms with Crippen molar-refractivity contribution in [3.8, 4) is 0 Å². The summed E-state index contributed by atoms with van der Waals surface area (Å²) >= 11 is 0. The van der Waals surface area contributed by atoms with Crippen molar-refractivity contribution >= 4 is 11.6 Å². The van der Waals surface area contributed by atoms with Crippen molar-refractivity contribution in [2.75, 3.05) is 13.1 Å². The number of nitrogens with zero attached hydrogens (tertiary/aromatic N) is 2. The Morgan fingerprint density at radius 2 is 2.00 bits per heavy atom. The molecule has 6 nitrogen and oxygen atoms in total. The average molecular weight is 266 g/mol. The molecule has 0 saturated heterocycles. The highest BCUT2D eigenvalue weighted by molar-refractivity contribution is 5.98. The van der Waals surface area contributed by atoms with Crippen LogP contribution < -0.4 is 0 Å². The highest BCUT2D eigenvalue weighted by Gasteiger charge is 2.26. The molecule has 0 aliphatic rings. The van der Waals surface area contributed by atoms with Gasteiger partial charge in [-0.3, -0.25) is 14.9 Å². The minimum absolute atomic E-state index is 0.0404. The van der Waals surface area contributed by atoms with E-state index in [1.165, 1.54) is 23.1 Å². The summed E-state index contributed by atoms with van der Waals surface area (Å²) in [4.78, 5) is 24.0. The Morgan fingerprint density at radius 3 is 2.47 bits per heavy atom. The molecule has 0 spiro atoms. The molecule has 19 heavy (non-hydrogen) atoms. The van der Waals surface area contributed by atoms with E-state index in [1.807, 2.05) is 0 Å². The summed E-state index contributed by atoms with van der Waals surface area (Å²) in [5.74, 6) is -0.447. The van der Waals surface area contributed by atoms with Crippen LogP contribution in [0.3, 0.4) is 0 Å². The summed E-state index contributed by atoms with van der Waals surface area (Å²) in [6, 6.07) is 5.82. The van der Waals surface area contributed by atoms with Crippen molar-refractivity contribution in [3.63, 3.8) is 0 Å². The SMILES string of the molecule is CCN(CC(C)(C)O)C(=O)c1ccccc1[N+](=O)[O-]. The second kappa shape index (κ2) is 5.79. The van der Waals surface area contributed by atoms with E-state index in [0.29, 0.717) is 6.54 Å². The average Bonchev–Trinajstić information content (AvgIpc) is 2.34. The fourth-order valence-electron chi connectivity index (χ4n) is 1.78. The lowest BCUT2D eigenvalue weighted by Crippen LogP contribution is -2.42. The maximum atomic E-state index is 12.3. The van der Waals surface area contributed by atoms with Crippen LogP contribution in [0.25, 0.3) is 0 Å². The van der Waals surface area contributed by atoms with Gasteiger partial charge in [0.25, 0.3) is 11.6 Å². The monoisotopic (exact) mass is 266 g/mol. The Labute approximate surface area is 111 Å². The Kier molecular flexibility index (Phi) is 4.61. The van der Waals surface area contributed by atoms with Gasteiger partial charge in [-0.05, 0) is 26.8 Å². The predicted molar refractivity (Wildman–Crippen MR) is 71.0 cm³/mol. The van der Waals surface area contributed by atoms with E-state index in [1.54, 1.807) is 26.8 Å². The third-order valence-corrected chi connectivity index (χ3v) is 2.58. The smallest absolute Gasteiger partial charge is 0.282 e. The molecule has 1 rings (SSSR count). The Bertz CT molecular complexity index is 480. The van der Waals surface area contributed by atoms with E-state index in [4.69, 9.17) is 0 Å². The van der Waals surface area contributed by atoms with Crippen LogP contribution in [0.5, 0.6) is 0 Å². The molecular formula is C13H18N2O4. The molecule has 0 aromatic heterocycles. The lowest BCUT2D eigenvalue weighted by Gasteiger charge is -2.28. The molecule has 6 heteroatoms. The maximum absolute atomic E-state index is 12.3. The fourth-order valence-corrected chi connectivity index (χ4v) is 1.78.